The number of hydrogen-bond donors (Lipinski definition) is 1. The molecule has 0 saturated carbocycles. The topological polar surface area (TPSA) is 66.3 Å². The molecule has 0 unspecified atom stereocenters. The summed E-state index contributed by atoms with van der Waals surface area (Å²) in [6, 6.07) is 1.65. The van der Waals surface area contributed by atoms with Gasteiger partial charge in [-0.1, -0.05) is 23.2 Å². The van der Waals surface area contributed by atoms with E-state index in [1.165, 1.54) is 0 Å². The lowest BCUT2D eigenvalue weighted by Gasteiger charge is -2.31. The molecule has 0 radical (unpaired) electrons. The molecule has 0 atom stereocenters. The van der Waals surface area contributed by atoms with Gasteiger partial charge in [0.1, 0.15) is 0 Å². The van der Waals surface area contributed by atoms with E-state index in [1.807, 2.05) is 4.90 Å². The van der Waals surface area contributed by atoms with Gasteiger partial charge in [0.25, 0.3) is 0 Å². The molecular formula is C10H11Cl2N3O2. The average Bonchev–Trinajstić information content (AvgIpc) is 2.32. The van der Waals surface area contributed by atoms with E-state index < -0.39 is 5.97 Å². The Hall–Kier alpha value is -1.07. The number of carboxylic acid groups (broad SMARTS) is 1. The Bertz CT molecular complexity index is 434. The molecule has 0 spiro atoms. The summed E-state index contributed by atoms with van der Waals surface area (Å²) in [6.07, 6.45) is 1.21. The number of nitrogens with zero attached hydrogens (tertiary/aromatic N) is 3. The number of halogens is 2. The molecular weight excluding hydrogens is 265 g/mol. The zero-order chi connectivity index (χ0) is 12.4. The third-order valence-corrected chi connectivity index (χ3v) is 3.34. The number of hydrogen-bond acceptors (Lipinski definition) is 4. The van der Waals surface area contributed by atoms with Gasteiger partial charge in [-0.2, -0.15) is 0 Å². The van der Waals surface area contributed by atoms with Gasteiger partial charge < -0.3 is 10.0 Å². The maximum absolute atomic E-state index is 10.8. The third-order valence-electron chi connectivity index (χ3n) is 2.89. The van der Waals surface area contributed by atoms with Crippen molar-refractivity contribution in [3.63, 3.8) is 0 Å². The third kappa shape index (κ3) is 2.79. The highest BCUT2D eigenvalue weighted by atomic mass is 35.5. The van der Waals surface area contributed by atoms with Crippen LogP contribution in [0.3, 0.4) is 0 Å². The van der Waals surface area contributed by atoms with Crippen LogP contribution in [0.15, 0.2) is 6.07 Å². The second kappa shape index (κ2) is 5.06. The first-order valence-corrected chi connectivity index (χ1v) is 6.00. The van der Waals surface area contributed by atoms with E-state index in [0.29, 0.717) is 31.1 Å². The van der Waals surface area contributed by atoms with Crippen LogP contribution < -0.4 is 4.90 Å². The Morgan fingerprint density at radius 2 is 2.00 bits per heavy atom. The van der Waals surface area contributed by atoms with Gasteiger partial charge >= 0.3 is 5.97 Å². The predicted octanol–water partition coefficient (Wildman–Crippen LogP) is 2.08. The number of aliphatic carboxylic acids is 1. The first kappa shape index (κ1) is 12.4. The van der Waals surface area contributed by atoms with E-state index in [1.54, 1.807) is 6.07 Å². The molecule has 2 heterocycles. The summed E-state index contributed by atoms with van der Waals surface area (Å²) in [5.41, 5.74) is 0.718. The van der Waals surface area contributed by atoms with Crippen LogP contribution in [0.1, 0.15) is 12.8 Å². The van der Waals surface area contributed by atoms with Crippen LogP contribution in [0.25, 0.3) is 0 Å². The summed E-state index contributed by atoms with van der Waals surface area (Å²) in [5, 5.41) is 16.9. The minimum absolute atomic E-state index is 0.268. The second-order valence-corrected chi connectivity index (χ2v) is 4.69. The molecule has 0 amide bonds. The first-order valence-electron chi connectivity index (χ1n) is 5.24. The van der Waals surface area contributed by atoms with Crippen LogP contribution in [0, 0.1) is 5.92 Å². The van der Waals surface area contributed by atoms with Crippen LogP contribution in [0.5, 0.6) is 0 Å². The van der Waals surface area contributed by atoms with Crippen molar-refractivity contribution in [1.82, 2.24) is 10.2 Å². The Morgan fingerprint density at radius 1 is 1.35 bits per heavy atom. The molecule has 1 aliphatic heterocycles. The van der Waals surface area contributed by atoms with E-state index in [2.05, 4.69) is 10.2 Å². The summed E-state index contributed by atoms with van der Waals surface area (Å²) in [4.78, 5) is 12.8. The number of piperidine rings is 1. The minimum atomic E-state index is -0.735. The van der Waals surface area contributed by atoms with Gasteiger partial charge in [-0.05, 0) is 12.8 Å². The maximum Gasteiger partial charge on any atom is 0.306 e. The fraction of sp³-hybridized carbons (Fsp3) is 0.500. The molecule has 1 N–H and O–H groups in total. The van der Waals surface area contributed by atoms with E-state index in [4.69, 9.17) is 28.3 Å². The number of carboxylic acids is 1. The van der Waals surface area contributed by atoms with Gasteiger partial charge in [-0.25, -0.2) is 0 Å². The Kier molecular flexibility index (Phi) is 3.69. The summed E-state index contributed by atoms with van der Waals surface area (Å²) in [5.74, 6) is -1.00. The van der Waals surface area contributed by atoms with Gasteiger partial charge in [0.2, 0.25) is 0 Å². The molecule has 5 nitrogen and oxygen atoms in total. The van der Waals surface area contributed by atoms with Gasteiger partial charge in [0.05, 0.1) is 11.6 Å². The highest BCUT2D eigenvalue weighted by molar-refractivity contribution is 6.33. The van der Waals surface area contributed by atoms with E-state index in [-0.39, 0.29) is 11.1 Å². The molecule has 1 saturated heterocycles. The molecule has 1 aliphatic rings. The van der Waals surface area contributed by atoms with Crippen molar-refractivity contribution in [3.8, 4) is 0 Å². The zero-order valence-electron chi connectivity index (χ0n) is 8.94. The molecule has 1 aromatic rings. The monoisotopic (exact) mass is 275 g/mol. The summed E-state index contributed by atoms with van der Waals surface area (Å²) < 4.78 is 0. The van der Waals surface area contributed by atoms with Gasteiger partial charge in [-0.3, -0.25) is 4.79 Å². The van der Waals surface area contributed by atoms with Crippen LogP contribution >= 0.6 is 23.2 Å². The Morgan fingerprint density at radius 3 is 2.59 bits per heavy atom. The predicted molar refractivity (Wildman–Crippen MR) is 64.6 cm³/mol. The summed E-state index contributed by atoms with van der Waals surface area (Å²) >= 11 is 11.7. The number of rotatable bonds is 2. The number of anilines is 1. The lowest BCUT2D eigenvalue weighted by atomic mass is 9.97. The highest BCUT2D eigenvalue weighted by Gasteiger charge is 2.25. The van der Waals surface area contributed by atoms with Crippen molar-refractivity contribution in [1.29, 1.82) is 0 Å². The maximum atomic E-state index is 10.8. The van der Waals surface area contributed by atoms with E-state index in [0.717, 1.165) is 5.69 Å². The van der Waals surface area contributed by atoms with Crippen molar-refractivity contribution in [2.24, 2.45) is 5.92 Å². The molecule has 0 aromatic carbocycles. The molecule has 0 bridgehead atoms. The quantitative estimate of drug-likeness (QED) is 0.895. The second-order valence-electron chi connectivity index (χ2n) is 3.94. The molecule has 17 heavy (non-hydrogen) atoms. The van der Waals surface area contributed by atoms with Gasteiger partial charge in [-0.15, -0.1) is 10.2 Å². The van der Waals surface area contributed by atoms with E-state index >= 15 is 0 Å². The minimum Gasteiger partial charge on any atom is -0.481 e. The number of aromatic nitrogens is 2. The molecule has 2 rings (SSSR count). The van der Waals surface area contributed by atoms with Crippen molar-refractivity contribution in [2.45, 2.75) is 12.8 Å². The number of carbonyl (C=O) groups is 1. The van der Waals surface area contributed by atoms with Crippen molar-refractivity contribution in [3.05, 3.63) is 16.4 Å². The zero-order valence-corrected chi connectivity index (χ0v) is 10.4. The fourth-order valence-electron chi connectivity index (χ4n) is 1.93. The lowest BCUT2D eigenvalue weighted by Crippen LogP contribution is -2.36. The summed E-state index contributed by atoms with van der Waals surface area (Å²) in [6.45, 7) is 1.28. The molecule has 1 aromatic heterocycles. The normalized spacial score (nSPS) is 17.2. The molecule has 7 heteroatoms. The average molecular weight is 276 g/mol. The van der Waals surface area contributed by atoms with Gasteiger partial charge in [0.15, 0.2) is 10.3 Å². The SMILES string of the molecule is O=C(O)C1CCN(c2cc(Cl)nnc2Cl)CC1. The highest BCUT2D eigenvalue weighted by Crippen LogP contribution is 2.29. The lowest BCUT2D eigenvalue weighted by molar-refractivity contribution is -0.142. The summed E-state index contributed by atoms with van der Waals surface area (Å²) in [7, 11) is 0. The largest absolute Gasteiger partial charge is 0.481 e. The molecule has 1 fully saturated rings. The van der Waals surface area contributed by atoms with Crippen molar-refractivity contribution < 1.29 is 9.90 Å². The standard InChI is InChI=1S/C10H11Cl2N3O2/c11-8-5-7(9(12)14-13-8)15-3-1-6(2-4-15)10(16)17/h5-6H,1-4H2,(H,16,17). The van der Waals surface area contributed by atoms with Crippen LogP contribution in [0.4, 0.5) is 5.69 Å². The van der Waals surface area contributed by atoms with Crippen molar-refractivity contribution in [2.75, 3.05) is 18.0 Å². The van der Waals surface area contributed by atoms with Crippen LogP contribution in [-0.2, 0) is 4.79 Å². The van der Waals surface area contributed by atoms with Crippen molar-refractivity contribution >= 4 is 34.9 Å². The smallest absolute Gasteiger partial charge is 0.306 e. The molecule has 0 aliphatic carbocycles. The van der Waals surface area contributed by atoms with E-state index in [9.17, 15) is 4.79 Å². The fourth-order valence-corrected chi connectivity index (χ4v) is 2.29. The molecule has 92 valence electrons. The van der Waals surface area contributed by atoms with Crippen LogP contribution in [-0.4, -0.2) is 34.4 Å². The first-order chi connectivity index (χ1) is 8.08. The van der Waals surface area contributed by atoms with Crippen LogP contribution in [0.2, 0.25) is 10.3 Å². The Labute approximate surface area is 108 Å². The van der Waals surface area contributed by atoms with Gasteiger partial charge in [0, 0.05) is 19.2 Å². The Balaban J connectivity index is 2.10.